The maximum absolute atomic E-state index is 12.9. The third-order valence-electron chi connectivity index (χ3n) is 5.55. The predicted octanol–water partition coefficient (Wildman–Crippen LogP) is 4.24. The first-order chi connectivity index (χ1) is 16.6. The number of nitrogens with one attached hydrogen (secondary N) is 3. The SMILES string of the molecule is COc1c(Cl)cccc1NC(=S)C1=C(NCc2ccncc2OCC(C)(C)OC)C[C@@H](C)NC1=O. The van der Waals surface area contributed by atoms with Crippen LogP contribution in [0.4, 0.5) is 5.69 Å². The molecule has 0 saturated carbocycles. The van der Waals surface area contributed by atoms with Crippen molar-refractivity contribution in [2.75, 3.05) is 26.1 Å². The van der Waals surface area contributed by atoms with Crippen LogP contribution in [0.3, 0.4) is 0 Å². The fourth-order valence-electron chi connectivity index (χ4n) is 3.49. The van der Waals surface area contributed by atoms with Gasteiger partial charge in [-0.05, 0) is 39.0 Å². The number of hydrogen-bond acceptors (Lipinski definition) is 7. The number of aromatic nitrogens is 1. The number of anilines is 1. The van der Waals surface area contributed by atoms with Gasteiger partial charge < -0.3 is 30.2 Å². The van der Waals surface area contributed by atoms with E-state index in [0.29, 0.717) is 47.4 Å². The lowest BCUT2D eigenvalue weighted by Gasteiger charge is -2.28. The van der Waals surface area contributed by atoms with E-state index >= 15 is 0 Å². The molecule has 1 aromatic heterocycles. The lowest BCUT2D eigenvalue weighted by Crippen LogP contribution is -2.44. The Morgan fingerprint density at radius 1 is 1.31 bits per heavy atom. The average molecular weight is 519 g/mol. The number of halogens is 1. The third kappa shape index (κ3) is 6.84. The van der Waals surface area contributed by atoms with Gasteiger partial charge in [0.1, 0.15) is 17.3 Å². The number of amides is 1. The molecule has 1 aliphatic rings. The number of para-hydroxylation sites is 1. The molecule has 1 atom stereocenters. The van der Waals surface area contributed by atoms with Gasteiger partial charge in [0.15, 0.2) is 5.75 Å². The minimum Gasteiger partial charge on any atom is -0.493 e. The number of rotatable bonds is 10. The minimum absolute atomic E-state index is 0.0482. The molecule has 3 rings (SSSR count). The second-order valence-electron chi connectivity index (χ2n) is 8.80. The van der Waals surface area contributed by atoms with Crippen LogP contribution >= 0.6 is 23.8 Å². The van der Waals surface area contributed by atoms with Crippen molar-refractivity contribution in [2.24, 2.45) is 0 Å². The fraction of sp³-hybridized carbons (Fsp3) is 0.400. The maximum atomic E-state index is 12.9. The summed E-state index contributed by atoms with van der Waals surface area (Å²) >= 11 is 11.9. The van der Waals surface area contributed by atoms with Gasteiger partial charge in [-0.25, -0.2) is 0 Å². The number of carbonyl (C=O) groups is 1. The van der Waals surface area contributed by atoms with E-state index in [1.54, 1.807) is 37.7 Å². The van der Waals surface area contributed by atoms with Gasteiger partial charge in [0, 0.05) is 43.6 Å². The summed E-state index contributed by atoms with van der Waals surface area (Å²) in [4.78, 5) is 17.4. The summed E-state index contributed by atoms with van der Waals surface area (Å²) in [5, 5.41) is 9.91. The number of ether oxygens (including phenoxy) is 3. The van der Waals surface area contributed by atoms with Crippen molar-refractivity contribution in [2.45, 2.75) is 45.4 Å². The molecule has 0 spiro atoms. The molecule has 0 bridgehead atoms. The molecule has 0 saturated heterocycles. The molecule has 35 heavy (non-hydrogen) atoms. The number of benzene rings is 1. The van der Waals surface area contributed by atoms with E-state index in [1.807, 2.05) is 26.8 Å². The Kier molecular flexibility index (Phi) is 8.93. The smallest absolute Gasteiger partial charge is 0.256 e. The topological polar surface area (TPSA) is 93.7 Å². The molecule has 1 amide bonds. The highest BCUT2D eigenvalue weighted by Crippen LogP contribution is 2.33. The molecule has 2 heterocycles. The Balaban J connectivity index is 1.83. The highest BCUT2D eigenvalue weighted by molar-refractivity contribution is 7.81. The lowest BCUT2D eigenvalue weighted by molar-refractivity contribution is -0.118. The molecule has 10 heteroatoms. The second-order valence-corrected chi connectivity index (χ2v) is 9.61. The first-order valence-electron chi connectivity index (χ1n) is 11.2. The number of pyridine rings is 1. The number of carbonyl (C=O) groups excluding carboxylic acids is 1. The Hall–Kier alpha value is -2.88. The largest absolute Gasteiger partial charge is 0.493 e. The standard InChI is InChI=1S/C25H31ClN4O4S/c1-15-11-19(28-12-16-9-10-27-13-20(16)34-14-25(2,3)33-5)21(23(31)29-15)24(35)30-18-8-6-7-17(26)22(18)32-4/h6-10,13,15,28H,11-12,14H2,1-5H3,(H,29,31)(H,30,35)/t15-/m1/s1. The number of nitrogens with zero attached hydrogens (tertiary/aromatic N) is 1. The Morgan fingerprint density at radius 3 is 2.80 bits per heavy atom. The van der Waals surface area contributed by atoms with E-state index in [0.717, 1.165) is 11.3 Å². The summed E-state index contributed by atoms with van der Waals surface area (Å²) in [5.41, 5.74) is 2.14. The molecular weight excluding hydrogens is 488 g/mol. The van der Waals surface area contributed by atoms with Crippen LogP contribution in [0.15, 0.2) is 47.9 Å². The van der Waals surface area contributed by atoms with E-state index in [2.05, 4.69) is 20.9 Å². The van der Waals surface area contributed by atoms with Gasteiger partial charge >= 0.3 is 0 Å². The van der Waals surface area contributed by atoms with Crippen molar-refractivity contribution in [3.8, 4) is 11.5 Å². The van der Waals surface area contributed by atoms with Crippen LogP contribution in [-0.2, 0) is 16.1 Å². The van der Waals surface area contributed by atoms with Crippen molar-refractivity contribution in [1.82, 2.24) is 15.6 Å². The maximum Gasteiger partial charge on any atom is 0.256 e. The summed E-state index contributed by atoms with van der Waals surface area (Å²) < 4.78 is 16.8. The van der Waals surface area contributed by atoms with Gasteiger partial charge in [-0.3, -0.25) is 9.78 Å². The van der Waals surface area contributed by atoms with Crippen LogP contribution in [0.5, 0.6) is 11.5 Å². The molecule has 0 unspecified atom stereocenters. The summed E-state index contributed by atoms with van der Waals surface area (Å²) in [7, 11) is 3.17. The van der Waals surface area contributed by atoms with Crippen LogP contribution in [0, 0.1) is 0 Å². The number of hydrogen-bond donors (Lipinski definition) is 3. The first-order valence-corrected chi connectivity index (χ1v) is 12.0. The van der Waals surface area contributed by atoms with Gasteiger partial charge in [0.05, 0.1) is 35.2 Å². The molecule has 2 aromatic rings. The predicted molar refractivity (Wildman–Crippen MR) is 141 cm³/mol. The Labute approximate surface area is 216 Å². The van der Waals surface area contributed by atoms with E-state index in [4.69, 9.17) is 38.0 Å². The van der Waals surface area contributed by atoms with Crippen LogP contribution in [0.1, 0.15) is 32.8 Å². The zero-order valence-corrected chi connectivity index (χ0v) is 22.1. The Bertz CT molecular complexity index is 1120. The van der Waals surface area contributed by atoms with E-state index in [1.165, 1.54) is 7.11 Å². The van der Waals surface area contributed by atoms with Crippen molar-refractivity contribution >= 4 is 40.4 Å². The highest BCUT2D eigenvalue weighted by Gasteiger charge is 2.28. The Morgan fingerprint density at radius 2 is 2.09 bits per heavy atom. The van der Waals surface area contributed by atoms with Crippen LogP contribution in [0.25, 0.3) is 0 Å². The van der Waals surface area contributed by atoms with Gasteiger partial charge in [-0.1, -0.05) is 29.9 Å². The van der Waals surface area contributed by atoms with Crippen LogP contribution < -0.4 is 25.4 Å². The van der Waals surface area contributed by atoms with Crippen molar-refractivity contribution < 1.29 is 19.0 Å². The quantitative estimate of drug-likeness (QED) is 0.402. The van der Waals surface area contributed by atoms with Gasteiger partial charge in [0.2, 0.25) is 0 Å². The normalized spacial score (nSPS) is 15.9. The number of methoxy groups -OCH3 is 2. The van der Waals surface area contributed by atoms with Crippen LogP contribution in [0.2, 0.25) is 5.02 Å². The summed E-state index contributed by atoms with van der Waals surface area (Å²) in [6.07, 6.45) is 3.97. The van der Waals surface area contributed by atoms with E-state index in [-0.39, 0.29) is 16.9 Å². The van der Waals surface area contributed by atoms with E-state index in [9.17, 15) is 4.79 Å². The molecule has 8 nitrogen and oxygen atoms in total. The van der Waals surface area contributed by atoms with Crippen LogP contribution in [-0.4, -0.2) is 48.3 Å². The van der Waals surface area contributed by atoms with Crippen molar-refractivity contribution in [3.63, 3.8) is 0 Å². The monoisotopic (exact) mass is 518 g/mol. The second kappa shape index (κ2) is 11.7. The molecule has 0 aliphatic carbocycles. The minimum atomic E-state index is -0.438. The summed E-state index contributed by atoms with van der Waals surface area (Å²) in [6.45, 7) is 6.63. The molecular formula is C25H31ClN4O4S. The molecule has 1 aromatic carbocycles. The highest BCUT2D eigenvalue weighted by atomic mass is 35.5. The zero-order chi connectivity index (χ0) is 25.6. The summed E-state index contributed by atoms with van der Waals surface area (Å²) in [5.74, 6) is 0.844. The van der Waals surface area contributed by atoms with Crippen molar-refractivity contribution in [1.29, 1.82) is 0 Å². The van der Waals surface area contributed by atoms with Gasteiger partial charge in [0.25, 0.3) is 5.91 Å². The summed E-state index contributed by atoms with van der Waals surface area (Å²) in [6, 6.07) is 7.12. The third-order valence-corrected chi connectivity index (χ3v) is 6.16. The molecule has 0 radical (unpaired) electrons. The molecule has 3 N–H and O–H groups in total. The van der Waals surface area contributed by atoms with Gasteiger partial charge in [-0.2, -0.15) is 0 Å². The number of thiocarbonyl (C=S) groups is 1. The zero-order valence-electron chi connectivity index (χ0n) is 20.5. The van der Waals surface area contributed by atoms with Gasteiger partial charge in [-0.15, -0.1) is 0 Å². The average Bonchev–Trinajstić information content (AvgIpc) is 2.81. The first kappa shape index (κ1) is 26.7. The molecule has 1 aliphatic heterocycles. The molecule has 188 valence electrons. The van der Waals surface area contributed by atoms with Crippen molar-refractivity contribution in [3.05, 3.63) is 58.5 Å². The lowest BCUT2D eigenvalue weighted by atomic mass is 10.0. The molecule has 0 fully saturated rings. The van der Waals surface area contributed by atoms with E-state index < -0.39 is 5.60 Å². The fourth-order valence-corrected chi connectivity index (χ4v) is 4.07.